The fourth-order valence-electron chi connectivity index (χ4n) is 2.81. The predicted octanol–water partition coefficient (Wildman–Crippen LogP) is 1.69. The first-order valence-electron chi connectivity index (χ1n) is 8.03. The molecule has 0 saturated heterocycles. The van der Waals surface area contributed by atoms with Crippen molar-refractivity contribution in [2.24, 2.45) is 5.41 Å². The molecule has 2 aromatic rings. The zero-order chi connectivity index (χ0) is 16.1. The number of carbonyl (C=O) groups is 1. The molecule has 0 radical (unpaired) electrons. The van der Waals surface area contributed by atoms with E-state index in [4.69, 9.17) is 0 Å². The first kappa shape index (κ1) is 15.7. The summed E-state index contributed by atoms with van der Waals surface area (Å²) in [4.78, 5) is 12.0. The van der Waals surface area contributed by atoms with Gasteiger partial charge in [0.25, 0.3) is 0 Å². The summed E-state index contributed by atoms with van der Waals surface area (Å²) in [5.41, 5.74) is 0.730. The molecule has 1 atom stereocenters. The average molecular weight is 314 g/mol. The fraction of sp³-hybridized carbons (Fsp3) is 0.471. The minimum Gasteiger partial charge on any atom is -0.388 e. The lowest BCUT2D eigenvalue weighted by molar-refractivity contribution is -0.121. The molecule has 122 valence electrons. The molecule has 2 N–H and O–H groups in total. The molecule has 1 fully saturated rings. The molecule has 1 amide bonds. The van der Waals surface area contributed by atoms with Gasteiger partial charge in [0, 0.05) is 31.1 Å². The van der Waals surface area contributed by atoms with Crippen LogP contribution in [0.4, 0.5) is 0 Å². The van der Waals surface area contributed by atoms with Crippen molar-refractivity contribution in [3.63, 3.8) is 0 Å². The highest BCUT2D eigenvalue weighted by molar-refractivity contribution is 5.75. The summed E-state index contributed by atoms with van der Waals surface area (Å²) < 4.78 is 1.72. The molecular weight excluding hydrogens is 292 g/mol. The number of amides is 1. The first-order chi connectivity index (χ1) is 11.2. The zero-order valence-electron chi connectivity index (χ0n) is 13.1. The molecular formula is C17H22N4O2. The standard InChI is InChI=1S/C17H22N4O2/c22-15(7-4-11-21-12-10-19-20-21)18-13-17(8-9-17)16(23)14-5-2-1-3-6-14/h1-3,5-6,10,12,16,23H,4,7-9,11,13H2,(H,18,22). The number of carbonyl (C=O) groups excluding carboxylic acids is 1. The van der Waals surface area contributed by atoms with Crippen LogP contribution in [0.15, 0.2) is 42.7 Å². The van der Waals surface area contributed by atoms with Crippen LogP contribution in [0.1, 0.15) is 37.4 Å². The maximum atomic E-state index is 12.0. The van der Waals surface area contributed by atoms with E-state index in [9.17, 15) is 9.90 Å². The number of aromatic nitrogens is 3. The van der Waals surface area contributed by atoms with E-state index in [-0.39, 0.29) is 11.3 Å². The number of rotatable bonds is 8. The topological polar surface area (TPSA) is 80.0 Å². The van der Waals surface area contributed by atoms with E-state index in [1.54, 1.807) is 17.1 Å². The Labute approximate surface area is 135 Å². The summed E-state index contributed by atoms with van der Waals surface area (Å²) in [5.74, 6) is 0.0247. The van der Waals surface area contributed by atoms with Gasteiger partial charge in [0.2, 0.25) is 5.91 Å². The van der Waals surface area contributed by atoms with E-state index in [0.717, 1.165) is 24.8 Å². The third kappa shape index (κ3) is 3.96. The Morgan fingerprint density at radius 2 is 2.13 bits per heavy atom. The van der Waals surface area contributed by atoms with Crippen molar-refractivity contribution in [3.8, 4) is 0 Å². The number of nitrogens with one attached hydrogen (secondary N) is 1. The molecule has 1 aliphatic rings. The SMILES string of the molecule is O=C(CCCn1ccnn1)NCC1(C(O)c2ccccc2)CC1. The van der Waals surface area contributed by atoms with Crippen LogP contribution in [-0.2, 0) is 11.3 Å². The Kier molecular flexibility index (Phi) is 4.71. The van der Waals surface area contributed by atoms with Crippen LogP contribution in [0.5, 0.6) is 0 Å². The first-order valence-corrected chi connectivity index (χ1v) is 8.03. The predicted molar refractivity (Wildman–Crippen MR) is 85.3 cm³/mol. The van der Waals surface area contributed by atoms with Gasteiger partial charge in [0.05, 0.1) is 12.3 Å². The minimum absolute atomic E-state index is 0.0247. The van der Waals surface area contributed by atoms with Crippen molar-refractivity contribution in [3.05, 3.63) is 48.3 Å². The lowest BCUT2D eigenvalue weighted by Gasteiger charge is -2.23. The highest BCUT2D eigenvalue weighted by atomic mass is 16.3. The van der Waals surface area contributed by atoms with Crippen LogP contribution < -0.4 is 5.32 Å². The summed E-state index contributed by atoms with van der Waals surface area (Å²) in [7, 11) is 0. The largest absolute Gasteiger partial charge is 0.388 e. The Balaban J connectivity index is 1.43. The summed E-state index contributed by atoms with van der Waals surface area (Å²) in [5, 5.41) is 21.1. The average Bonchev–Trinajstić information content (AvgIpc) is 3.20. The van der Waals surface area contributed by atoms with Gasteiger partial charge in [0.1, 0.15) is 0 Å². The Morgan fingerprint density at radius 1 is 1.35 bits per heavy atom. The van der Waals surface area contributed by atoms with Crippen molar-refractivity contribution in [1.29, 1.82) is 0 Å². The van der Waals surface area contributed by atoms with Gasteiger partial charge in [0.15, 0.2) is 0 Å². The molecule has 1 heterocycles. The fourth-order valence-corrected chi connectivity index (χ4v) is 2.81. The quantitative estimate of drug-likeness (QED) is 0.777. The Morgan fingerprint density at radius 3 is 2.78 bits per heavy atom. The van der Waals surface area contributed by atoms with E-state index < -0.39 is 6.10 Å². The number of aliphatic hydroxyl groups excluding tert-OH is 1. The Hall–Kier alpha value is -2.21. The van der Waals surface area contributed by atoms with Gasteiger partial charge < -0.3 is 10.4 Å². The molecule has 1 saturated carbocycles. The van der Waals surface area contributed by atoms with Crippen molar-refractivity contribution in [2.75, 3.05) is 6.54 Å². The highest BCUT2D eigenvalue weighted by Gasteiger charge is 2.49. The van der Waals surface area contributed by atoms with Gasteiger partial charge in [-0.2, -0.15) is 0 Å². The number of hydrogen-bond donors (Lipinski definition) is 2. The molecule has 3 rings (SSSR count). The van der Waals surface area contributed by atoms with Crippen LogP contribution in [0.25, 0.3) is 0 Å². The monoisotopic (exact) mass is 314 g/mol. The lowest BCUT2D eigenvalue weighted by atomic mass is 9.92. The molecule has 1 aromatic carbocycles. The summed E-state index contributed by atoms with van der Waals surface area (Å²) in [6, 6.07) is 9.66. The van der Waals surface area contributed by atoms with Gasteiger partial charge in [-0.15, -0.1) is 5.10 Å². The van der Waals surface area contributed by atoms with Crippen LogP contribution in [0.2, 0.25) is 0 Å². The third-order valence-electron chi connectivity index (χ3n) is 4.49. The number of hydrogen-bond acceptors (Lipinski definition) is 4. The molecule has 0 bridgehead atoms. The zero-order valence-corrected chi connectivity index (χ0v) is 13.1. The van der Waals surface area contributed by atoms with Gasteiger partial charge >= 0.3 is 0 Å². The van der Waals surface area contributed by atoms with Crippen molar-refractivity contribution in [2.45, 2.75) is 38.3 Å². The van der Waals surface area contributed by atoms with Crippen molar-refractivity contribution in [1.82, 2.24) is 20.3 Å². The second-order valence-electron chi connectivity index (χ2n) is 6.22. The molecule has 23 heavy (non-hydrogen) atoms. The molecule has 1 aromatic heterocycles. The lowest BCUT2D eigenvalue weighted by Crippen LogP contribution is -2.33. The molecule has 6 nitrogen and oxygen atoms in total. The van der Waals surface area contributed by atoms with Crippen molar-refractivity contribution < 1.29 is 9.90 Å². The van der Waals surface area contributed by atoms with E-state index in [2.05, 4.69) is 15.6 Å². The maximum absolute atomic E-state index is 12.0. The van der Waals surface area contributed by atoms with Crippen LogP contribution in [-0.4, -0.2) is 32.6 Å². The summed E-state index contributed by atoms with van der Waals surface area (Å²) >= 11 is 0. The van der Waals surface area contributed by atoms with Crippen LogP contribution >= 0.6 is 0 Å². The van der Waals surface area contributed by atoms with E-state index in [1.165, 1.54) is 0 Å². The van der Waals surface area contributed by atoms with Crippen LogP contribution in [0.3, 0.4) is 0 Å². The number of benzene rings is 1. The second kappa shape index (κ2) is 6.91. The Bertz CT molecular complexity index is 623. The van der Waals surface area contributed by atoms with Gasteiger partial charge in [-0.3, -0.25) is 9.48 Å². The second-order valence-corrected chi connectivity index (χ2v) is 6.22. The highest BCUT2D eigenvalue weighted by Crippen LogP contribution is 2.54. The molecule has 0 spiro atoms. The molecule has 1 aliphatic carbocycles. The molecule has 0 aliphatic heterocycles. The van der Waals surface area contributed by atoms with E-state index in [0.29, 0.717) is 19.5 Å². The summed E-state index contributed by atoms with van der Waals surface area (Å²) in [6.07, 6.45) is 5.97. The molecule has 6 heteroatoms. The van der Waals surface area contributed by atoms with E-state index >= 15 is 0 Å². The summed E-state index contributed by atoms with van der Waals surface area (Å²) in [6.45, 7) is 1.22. The minimum atomic E-state index is -0.515. The number of nitrogens with zero attached hydrogens (tertiary/aromatic N) is 3. The number of aryl methyl sites for hydroxylation is 1. The van der Waals surface area contributed by atoms with Gasteiger partial charge in [-0.25, -0.2) is 0 Å². The smallest absolute Gasteiger partial charge is 0.220 e. The van der Waals surface area contributed by atoms with Gasteiger partial charge in [-0.05, 0) is 24.8 Å². The van der Waals surface area contributed by atoms with E-state index in [1.807, 2.05) is 30.3 Å². The van der Waals surface area contributed by atoms with Gasteiger partial charge in [-0.1, -0.05) is 35.5 Å². The third-order valence-corrected chi connectivity index (χ3v) is 4.49. The van der Waals surface area contributed by atoms with Crippen molar-refractivity contribution >= 4 is 5.91 Å². The number of aliphatic hydroxyl groups is 1. The maximum Gasteiger partial charge on any atom is 0.220 e. The van der Waals surface area contributed by atoms with Crippen LogP contribution in [0, 0.1) is 5.41 Å². The molecule has 1 unspecified atom stereocenters. The normalized spacial score (nSPS) is 16.7.